The molecule has 1 aliphatic rings. The highest BCUT2D eigenvalue weighted by Gasteiger charge is 2.41. The molecule has 160 valence electrons. The van der Waals surface area contributed by atoms with Crippen molar-refractivity contribution >= 4 is 12.1 Å². The number of likely N-dealkylation sites (tertiary alicyclic amines) is 1. The maximum absolute atomic E-state index is 12.5. The van der Waals surface area contributed by atoms with E-state index in [-0.39, 0.29) is 31.9 Å². The molecule has 1 fully saturated rings. The van der Waals surface area contributed by atoms with Gasteiger partial charge in [0.15, 0.2) is 0 Å². The number of aromatic nitrogens is 2. The first-order valence-corrected chi connectivity index (χ1v) is 9.36. The summed E-state index contributed by atoms with van der Waals surface area (Å²) >= 11 is 0. The smallest absolute Gasteiger partial charge is 0.410 e. The van der Waals surface area contributed by atoms with Gasteiger partial charge in [-0.2, -0.15) is 0 Å². The zero-order valence-electron chi connectivity index (χ0n) is 16.7. The lowest BCUT2D eigenvalue weighted by Crippen LogP contribution is -2.42. The third-order valence-electron chi connectivity index (χ3n) is 4.98. The Balaban J connectivity index is 1.64. The summed E-state index contributed by atoms with van der Waals surface area (Å²) in [5, 5.41) is 9.94. The molecule has 1 aliphatic heterocycles. The van der Waals surface area contributed by atoms with Crippen molar-refractivity contribution < 1.29 is 24.2 Å². The van der Waals surface area contributed by atoms with Gasteiger partial charge in [0.05, 0.1) is 18.3 Å². The van der Waals surface area contributed by atoms with E-state index in [0.29, 0.717) is 0 Å². The number of carbonyl (C=O) groups is 2. The van der Waals surface area contributed by atoms with E-state index in [0.717, 1.165) is 15.0 Å². The second kappa shape index (κ2) is 8.95. The molecule has 0 aliphatic carbocycles. The van der Waals surface area contributed by atoms with Crippen LogP contribution in [0.5, 0.6) is 0 Å². The predicted octanol–water partition coefficient (Wildman–Crippen LogP) is -0.101. The monoisotopic (exact) mass is 417 g/mol. The minimum absolute atomic E-state index is 0.00869. The van der Waals surface area contributed by atoms with Gasteiger partial charge in [-0.15, -0.1) is 0 Å². The van der Waals surface area contributed by atoms with Crippen LogP contribution in [-0.4, -0.2) is 49.9 Å². The summed E-state index contributed by atoms with van der Waals surface area (Å²) in [6.07, 6.45) is -1.62. The highest BCUT2D eigenvalue weighted by atomic mass is 16.6. The van der Waals surface area contributed by atoms with Crippen LogP contribution in [0.4, 0.5) is 4.79 Å². The van der Waals surface area contributed by atoms with Gasteiger partial charge in [0.25, 0.3) is 5.56 Å². The maximum Gasteiger partial charge on any atom is 0.410 e. The summed E-state index contributed by atoms with van der Waals surface area (Å²) < 4.78 is 12.6. The average Bonchev–Trinajstić information content (AvgIpc) is 3.14. The van der Waals surface area contributed by atoms with Crippen molar-refractivity contribution in [3.63, 3.8) is 0 Å². The summed E-state index contributed by atoms with van der Waals surface area (Å²) in [4.78, 5) is 49.9. The number of aliphatic hydroxyl groups excluding tert-OH is 1. The summed E-state index contributed by atoms with van der Waals surface area (Å²) in [5.74, 6) is -0.753. The lowest BCUT2D eigenvalue weighted by molar-refractivity contribution is -0.150. The molecule has 0 unspecified atom stereocenters. The van der Waals surface area contributed by atoms with Crippen LogP contribution in [0, 0.1) is 0 Å². The van der Waals surface area contributed by atoms with Crippen LogP contribution >= 0.6 is 0 Å². The van der Waals surface area contributed by atoms with E-state index in [1.807, 2.05) is 18.2 Å². The molecule has 3 rings (SSSR count). The zero-order chi connectivity index (χ0) is 21.8. The fourth-order valence-corrected chi connectivity index (χ4v) is 3.20. The Morgan fingerprint density at radius 2 is 1.77 bits per heavy atom. The lowest BCUT2D eigenvalue weighted by atomic mass is 10.2. The van der Waals surface area contributed by atoms with Crippen molar-refractivity contribution in [2.24, 2.45) is 14.1 Å². The molecular weight excluding hydrogens is 394 g/mol. The fourth-order valence-electron chi connectivity index (χ4n) is 3.20. The molecule has 2 aromatic rings. The Labute approximate surface area is 171 Å². The van der Waals surface area contributed by atoms with Gasteiger partial charge < -0.3 is 14.6 Å². The van der Waals surface area contributed by atoms with E-state index in [2.05, 4.69) is 0 Å². The van der Waals surface area contributed by atoms with Crippen molar-refractivity contribution in [2.45, 2.75) is 31.8 Å². The van der Waals surface area contributed by atoms with Crippen molar-refractivity contribution in [3.8, 4) is 0 Å². The summed E-state index contributed by atoms with van der Waals surface area (Å²) in [6.45, 7) is -0.346. The van der Waals surface area contributed by atoms with Crippen LogP contribution in [-0.2, 0) is 41.6 Å². The maximum atomic E-state index is 12.5. The first kappa shape index (κ1) is 21.3. The number of hydrogen-bond donors (Lipinski definition) is 1. The number of benzene rings is 1. The second-order valence-corrected chi connectivity index (χ2v) is 7.08. The van der Waals surface area contributed by atoms with Gasteiger partial charge in [0.2, 0.25) is 0 Å². The van der Waals surface area contributed by atoms with E-state index < -0.39 is 35.5 Å². The minimum Gasteiger partial charge on any atom is -0.458 e. The number of carbonyl (C=O) groups excluding carboxylic acids is 2. The molecule has 1 aromatic heterocycles. The molecule has 1 amide bonds. The molecule has 2 atom stereocenters. The molecule has 1 N–H and O–H groups in total. The zero-order valence-corrected chi connectivity index (χ0v) is 16.7. The van der Waals surface area contributed by atoms with Crippen LogP contribution in [0.1, 0.15) is 17.7 Å². The predicted molar refractivity (Wildman–Crippen MR) is 104 cm³/mol. The van der Waals surface area contributed by atoms with Crippen molar-refractivity contribution in [3.05, 3.63) is 68.5 Å². The number of aliphatic hydroxyl groups is 1. The highest BCUT2D eigenvalue weighted by molar-refractivity contribution is 5.82. The third-order valence-corrected chi connectivity index (χ3v) is 4.98. The lowest BCUT2D eigenvalue weighted by Gasteiger charge is -2.22. The first-order valence-electron chi connectivity index (χ1n) is 9.36. The number of amides is 1. The van der Waals surface area contributed by atoms with Gasteiger partial charge >= 0.3 is 17.8 Å². The van der Waals surface area contributed by atoms with Crippen LogP contribution in [0.3, 0.4) is 0 Å². The van der Waals surface area contributed by atoms with Gasteiger partial charge in [0, 0.05) is 26.6 Å². The number of esters is 1. The minimum atomic E-state index is -1.02. The quantitative estimate of drug-likeness (QED) is 0.675. The Morgan fingerprint density at radius 1 is 1.07 bits per heavy atom. The number of β-amino-alcohol motifs (C(OH)–C–C–N with tert-alkyl or cyclic N) is 1. The van der Waals surface area contributed by atoms with Gasteiger partial charge in [-0.05, 0) is 5.56 Å². The Hall–Kier alpha value is -3.40. The first-order chi connectivity index (χ1) is 14.3. The standard InChI is InChI=1S/C20H23N3O7/c1-21-14(8-17(25)22(2)19(21)27)12-29-18(26)16-9-15(24)10-23(16)20(28)30-11-13-6-4-3-5-7-13/h3-8,15-16,24H,9-12H2,1-2H3/t15-,16+/m1/s1. The summed E-state index contributed by atoms with van der Waals surface area (Å²) in [7, 11) is 2.80. The summed E-state index contributed by atoms with van der Waals surface area (Å²) in [5.41, 5.74) is -0.0630. The molecular formula is C20H23N3O7. The van der Waals surface area contributed by atoms with Crippen LogP contribution < -0.4 is 11.2 Å². The van der Waals surface area contributed by atoms with Gasteiger partial charge in [-0.1, -0.05) is 30.3 Å². The summed E-state index contributed by atoms with van der Waals surface area (Å²) in [6, 6.07) is 9.24. The van der Waals surface area contributed by atoms with Crippen molar-refractivity contribution in [1.29, 1.82) is 0 Å². The molecule has 1 aromatic carbocycles. The largest absolute Gasteiger partial charge is 0.458 e. The number of rotatable bonds is 5. The average molecular weight is 417 g/mol. The van der Waals surface area contributed by atoms with Crippen LogP contribution in [0.2, 0.25) is 0 Å². The second-order valence-electron chi connectivity index (χ2n) is 7.08. The molecule has 0 spiro atoms. The fraction of sp³-hybridized carbons (Fsp3) is 0.400. The van der Waals surface area contributed by atoms with E-state index in [1.165, 1.54) is 24.7 Å². The van der Waals surface area contributed by atoms with Gasteiger partial charge in [0.1, 0.15) is 19.3 Å². The molecule has 30 heavy (non-hydrogen) atoms. The Kier molecular flexibility index (Phi) is 6.36. The number of nitrogens with zero attached hydrogens (tertiary/aromatic N) is 3. The number of hydrogen-bond acceptors (Lipinski definition) is 7. The molecule has 0 saturated carbocycles. The van der Waals surface area contributed by atoms with Crippen LogP contribution in [0.25, 0.3) is 0 Å². The highest BCUT2D eigenvalue weighted by Crippen LogP contribution is 2.21. The van der Waals surface area contributed by atoms with Gasteiger partial charge in [-0.3, -0.25) is 18.8 Å². The van der Waals surface area contributed by atoms with E-state index >= 15 is 0 Å². The molecule has 10 heteroatoms. The molecule has 1 saturated heterocycles. The topological polar surface area (TPSA) is 120 Å². The molecule has 2 heterocycles. The third kappa shape index (κ3) is 4.60. The van der Waals surface area contributed by atoms with Crippen LogP contribution in [0.15, 0.2) is 46.0 Å². The van der Waals surface area contributed by atoms with E-state index in [4.69, 9.17) is 9.47 Å². The molecule has 0 radical (unpaired) electrons. The SMILES string of the molecule is Cn1c(COC(=O)[C@@H]2C[C@@H](O)CN2C(=O)OCc2ccccc2)cc(=O)n(C)c1=O. The van der Waals surface area contributed by atoms with Gasteiger partial charge in [-0.25, -0.2) is 14.4 Å². The normalized spacial score (nSPS) is 18.3. The van der Waals surface area contributed by atoms with E-state index in [9.17, 15) is 24.3 Å². The van der Waals surface area contributed by atoms with Crippen molar-refractivity contribution in [1.82, 2.24) is 14.0 Å². The molecule has 0 bridgehead atoms. The van der Waals surface area contributed by atoms with Crippen molar-refractivity contribution in [2.75, 3.05) is 6.54 Å². The number of ether oxygens (including phenoxy) is 2. The molecule has 10 nitrogen and oxygen atoms in total. The Morgan fingerprint density at radius 3 is 2.47 bits per heavy atom. The Bertz CT molecular complexity index is 1040. The van der Waals surface area contributed by atoms with E-state index in [1.54, 1.807) is 12.1 Å².